The minimum Gasteiger partial charge on any atom is -0.507 e. The summed E-state index contributed by atoms with van der Waals surface area (Å²) in [5.41, 5.74) is 1.59. The van der Waals surface area contributed by atoms with Crippen LogP contribution in [0.15, 0.2) is 34.7 Å². The smallest absolute Gasteiger partial charge is 0.247 e. The van der Waals surface area contributed by atoms with Gasteiger partial charge >= 0.3 is 0 Å². The number of aryl methyl sites for hydroxylation is 1. The van der Waals surface area contributed by atoms with Crippen molar-refractivity contribution < 1.29 is 18.7 Å². The molecule has 2 bridgehead atoms. The average molecular weight is 411 g/mol. The lowest BCUT2D eigenvalue weighted by molar-refractivity contribution is 0.00652. The second kappa shape index (κ2) is 7.64. The third kappa shape index (κ3) is 3.60. The first kappa shape index (κ1) is 18.9. The van der Waals surface area contributed by atoms with Crippen LogP contribution in [0.2, 0.25) is 0 Å². The summed E-state index contributed by atoms with van der Waals surface area (Å²) < 4.78 is 25.9. The standard InChI is InChI=1S/C21H22FN5O3/c1-11-24-27-21(29-11)12-5-6-14(17(28)9-12)15-7-8-19(26-25-15)30-18-10-13-3-2-4-16(23-13)20(18)22/h5-9,13,16,18,20,23,28H,2-4,10H2,1H3/t13?,16?,18-,20+/m1/s1. The van der Waals surface area contributed by atoms with Crippen LogP contribution in [-0.4, -0.2) is 49.9 Å². The molecule has 0 radical (unpaired) electrons. The molecule has 30 heavy (non-hydrogen) atoms. The van der Waals surface area contributed by atoms with Crippen molar-refractivity contribution in [1.29, 1.82) is 0 Å². The number of aromatic nitrogens is 4. The summed E-state index contributed by atoms with van der Waals surface area (Å²) >= 11 is 0. The predicted octanol–water partition coefficient (Wildman–Crippen LogP) is 3.21. The summed E-state index contributed by atoms with van der Waals surface area (Å²) in [5, 5.41) is 29.7. The van der Waals surface area contributed by atoms with E-state index in [9.17, 15) is 9.50 Å². The maximum Gasteiger partial charge on any atom is 0.247 e. The van der Waals surface area contributed by atoms with E-state index < -0.39 is 12.3 Å². The Hall–Kier alpha value is -3.07. The molecule has 2 saturated heterocycles. The summed E-state index contributed by atoms with van der Waals surface area (Å²) in [6.45, 7) is 1.70. The maximum absolute atomic E-state index is 14.7. The number of benzene rings is 1. The molecule has 0 spiro atoms. The van der Waals surface area contributed by atoms with E-state index in [0.717, 1.165) is 19.3 Å². The van der Waals surface area contributed by atoms with Gasteiger partial charge in [0.25, 0.3) is 0 Å². The number of alkyl halides is 1. The molecule has 0 amide bonds. The van der Waals surface area contributed by atoms with E-state index in [-0.39, 0.29) is 17.7 Å². The number of ether oxygens (including phenoxy) is 1. The Bertz CT molecular complexity index is 1040. The molecule has 0 saturated carbocycles. The highest BCUT2D eigenvalue weighted by atomic mass is 19.1. The number of rotatable bonds is 4. The first-order valence-corrected chi connectivity index (χ1v) is 10.1. The number of piperidine rings is 2. The Kier molecular flexibility index (Phi) is 4.82. The van der Waals surface area contributed by atoms with Crippen molar-refractivity contribution in [3.8, 4) is 34.3 Å². The van der Waals surface area contributed by atoms with E-state index in [1.54, 1.807) is 31.2 Å². The fourth-order valence-corrected chi connectivity index (χ4v) is 4.25. The first-order chi connectivity index (χ1) is 14.6. The normalized spacial score (nSPS) is 25.8. The van der Waals surface area contributed by atoms with Gasteiger partial charge in [-0.15, -0.1) is 20.4 Å². The molecule has 2 N–H and O–H groups in total. The number of halogens is 1. The lowest BCUT2D eigenvalue weighted by Crippen LogP contribution is -2.59. The fraction of sp³-hybridized carbons (Fsp3) is 0.429. The van der Waals surface area contributed by atoms with Gasteiger partial charge in [0, 0.05) is 42.6 Å². The zero-order valence-electron chi connectivity index (χ0n) is 16.5. The Labute approximate surface area is 172 Å². The van der Waals surface area contributed by atoms with Gasteiger partial charge in [-0.25, -0.2) is 4.39 Å². The molecule has 1 aromatic carbocycles. The Morgan fingerprint density at radius 3 is 2.77 bits per heavy atom. The van der Waals surface area contributed by atoms with Gasteiger partial charge in [0.1, 0.15) is 11.9 Å². The van der Waals surface area contributed by atoms with Gasteiger partial charge in [-0.05, 0) is 37.1 Å². The van der Waals surface area contributed by atoms with E-state index in [1.807, 2.05) is 0 Å². The number of nitrogens with one attached hydrogen (secondary N) is 1. The van der Waals surface area contributed by atoms with Gasteiger partial charge in [-0.2, -0.15) is 0 Å². The minimum atomic E-state index is -1.06. The molecular formula is C21H22FN5O3. The molecule has 3 aromatic rings. The molecule has 8 nitrogen and oxygen atoms in total. The molecular weight excluding hydrogens is 389 g/mol. The maximum atomic E-state index is 14.7. The molecule has 9 heteroatoms. The average Bonchev–Trinajstić information content (AvgIpc) is 3.19. The third-order valence-corrected chi connectivity index (χ3v) is 5.73. The Balaban J connectivity index is 1.31. The van der Waals surface area contributed by atoms with Crippen LogP contribution >= 0.6 is 0 Å². The van der Waals surface area contributed by atoms with Crippen molar-refractivity contribution in [2.45, 2.75) is 57.0 Å². The summed E-state index contributed by atoms with van der Waals surface area (Å²) in [7, 11) is 0. The fourth-order valence-electron chi connectivity index (χ4n) is 4.25. The van der Waals surface area contributed by atoms with E-state index in [0.29, 0.717) is 41.1 Å². The predicted molar refractivity (Wildman–Crippen MR) is 106 cm³/mol. The van der Waals surface area contributed by atoms with E-state index in [2.05, 4.69) is 25.7 Å². The molecule has 5 rings (SSSR count). The lowest BCUT2D eigenvalue weighted by Gasteiger charge is -2.42. The van der Waals surface area contributed by atoms with Gasteiger partial charge in [0.05, 0.1) is 5.69 Å². The second-order valence-corrected chi connectivity index (χ2v) is 7.85. The van der Waals surface area contributed by atoms with Crippen molar-refractivity contribution in [2.75, 3.05) is 0 Å². The van der Waals surface area contributed by atoms with Crippen LogP contribution in [0.25, 0.3) is 22.7 Å². The highest BCUT2D eigenvalue weighted by Crippen LogP contribution is 2.33. The molecule has 4 heterocycles. The van der Waals surface area contributed by atoms with Gasteiger partial charge < -0.3 is 19.6 Å². The second-order valence-electron chi connectivity index (χ2n) is 7.85. The molecule has 2 fully saturated rings. The SMILES string of the molecule is Cc1nnc(-c2ccc(-c3ccc(O[C@@H]4CC5CCCC(N5)[C@@H]4F)nn3)c(O)c2)o1. The van der Waals surface area contributed by atoms with Crippen molar-refractivity contribution in [3.63, 3.8) is 0 Å². The van der Waals surface area contributed by atoms with E-state index in [4.69, 9.17) is 9.15 Å². The lowest BCUT2D eigenvalue weighted by atomic mass is 9.84. The summed E-state index contributed by atoms with van der Waals surface area (Å²) in [6.07, 6.45) is 1.98. The van der Waals surface area contributed by atoms with Crippen LogP contribution in [0.4, 0.5) is 4.39 Å². The van der Waals surface area contributed by atoms with Crippen molar-refractivity contribution in [3.05, 3.63) is 36.2 Å². The number of hydrogen-bond donors (Lipinski definition) is 2. The largest absolute Gasteiger partial charge is 0.507 e. The number of hydrogen-bond acceptors (Lipinski definition) is 8. The van der Waals surface area contributed by atoms with Gasteiger partial charge in [-0.1, -0.05) is 6.42 Å². The van der Waals surface area contributed by atoms with Gasteiger partial charge in [-0.3, -0.25) is 0 Å². The molecule has 0 aliphatic carbocycles. The Morgan fingerprint density at radius 2 is 2.03 bits per heavy atom. The molecule has 156 valence electrons. The van der Waals surface area contributed by atoms with Crippen LogP contribution in [0.1, 0.15) is 31.6 Å². The number of nitrogens with zero attached hydrogens (tertiary/aromatic N) is 4. The van der Waals surface area contributed by atoms with E-state index in [1.165, 1.54) is 6.07 Å². The Morgan fingerprint density at radius 1 is 1.13 bits per heavy atom. The number of aromatic hydroxyl groups is 1. The number of phenolic OH excluding ortho intramolecular Hbond substituents is 1. The monoisotopic (exact) mass is 411 g/mol. The highest BCUT2D eigenvalue weighted by molar-refractivity contribution is 5.71. The summed E-state index contributed by atoms with van der Waals surface area (Å²) in [6, 6.07) is 8.51. The summed E-state index contributed by atoms with van der Waals surface area (Å²) in [5.74, 6) is 1.07. The molecule has 4 atom stereocenters. The molecule has 2 aliphatic rings. The van der Waals surface area contributed by atoms with Crippen molar-refractivity contribution in [2.24, 2.45) is 0 Å². The highest BCUT2D eigenvalue weighted by Gasteiger charge is 2.41. The van der Waals surface area contributed by atoms with Crippen LogP contribution in [-0.2, 0) is 0 Å². The van der Waals surface area contributed by atoms with Crippen LogP contribution < -0.4 is 10.1 Å². The quantitative estimate of drug-likeness (QED) is 0.674. The topological polar surface area (TPSA) is 106 Å². The van der Waals surface area contributed by atoms with E-state index >= 15 is 0 Å². The van der Waals surface area contributed by atoms with Crippen molar-refractivity contribution >= 4 is 0 Å². The van der Waals surface area contributed by atoms with Crippen LogP contribution in [0, 0.1) is 6.92 Å². The zero-order chi connectivity index (χ0) is 20.7. The molecule has 2 aliphatic heterocycles. The zero-order valence-corrected chi connectivity index (χ0v) is 16.5. The molecule has 2 unspecified atom stereocenters. The van der Waals surface area contributed by atoms with Crippen molar-refractivity contribution in [1.82, 2.24) is 25.7 Å². The number of phenols is 1. The van der Waals surface area contributed by atoms with Gasteiger partial charge in [0.15, 0.2) is 6.17 Å². The van der Waals surface area contributed by atoms with Gasteiger partial charge in [0.2, 0.25) is 17.7 Å². The van der Waals surface area contributed by atoms with Crippen LogP contribution in [0.3, 0.4) is 0 Å². The number of fused-ring (bicyclic) bond motifs is 2. The first-order valence-electron chi connectivity index (χ1n) is 10.1. The third-order valence-electron chi connectivity index (χ3n) is 5.73. The van der Waals surface area contributed by atoms with Crippen LogP contribution in [0.5, 0.6) is 11.6 Å². The summed E-state index contributed by atoms with van der Waals surface area (Å²) in [4.78, 5) is 0. The minimum absolute atomic E-state index is 0.0151. The molecule has 2 aromatic heterocycles.